The fourth-order valence-electron chi connectivity index (χ4n) is 2.53. The van der Waals surface area contributed by atoms with E-state index >= 15 is 0 Å². The van der Waals surface area contributed by atoms with Gasteiger partial charge in [0, 0.05) is 18.7 Å². The van der Waals surface area contributed by atoms with Crippen molar-refractivity contribution < 1.29 is 13.5 Å². The molecular weight excluding hydrogens is 370 g/mol. The van der Waals surface area contributed by atoms with E-state index in [1.807, 2.05) is 18.7 Å². The number of halogens is 1. The van der Waals surface area contributed by atoms with Crippen LogP contribution in [-0.2, 0) is 15.7 Å². The van der Waals surface area contributed by atoms with Gasteiger partial charge in [0.15, 0.2) is 10.9 Å². The second-order valence-corrected chi connectivity index (χ2v) is 8.49. The minimum atomic E-state index is -3.97. The monoisotopic (exact) mass is 391 g/mol. The van der Waals surface area contributed by atoms with E-state index < -0.39 is 15.7 Å². The fourth-order valence-corrected chi connectivity index (χ4v) is 4.84. The molecule has 6 nitrogen and oxygen atoms in total. The molecule has 1 aliphatic rings. The standard InChI is InChI=1S/C15H22ClN3O3S2/c1-3-7-18-14-19(8-4-2)15(20,10-23-14)11-5-6-12(16)13(9-11)24(17,21)22/h5-6,9,20H,3-4,7-8,10H2,1-2H3,(H2,17,21,22). The number of amidine groups is 1. The lowest BCUT2D eigenvalue weighted by atomic mass is 10.0. The van der Waals surface area contributed by atoms with E-state index in [0.29, 0.717) is 24.4 Å². The van der Waals surface area contributed by atoms with Crippen molar-refractivity contribution in [1.29, 1.82) is 0 Å². The third-order valence-electron chi connectivity index (χ3n) is 3.70. The number of hydrogen-bond acceptors (Lipinski definition) is 5. The van der Waals surface area contributed by atoms with Gasteiger partial charge in [-0.15, -0.1) is 0 Å². The molecule has 1 aliphatic heterocycles. The van der Waals surface area contributed by atoms with E-state index in [1.165, 1.54) is 23.9 Å². The van der Waals surface area contributed by atoms with Crippen LogP contribution in [0.15, 0.2) is 28.1 Å². The number of thioether (sulfide) groups is 1. The van der Waals surface area contributed by atoms with E-state index in [4.69, 9.17) is 16.7 Å². The maximum absolute atomic E-state index is 11.7. The predicted octanol–water partition coefficient (Wildman–Crippen LogP) is 2.36. The van der Waals surface area contributed by atoms with E-state index in [2.05, 4.69) is 4.99 Å². The van der Waals surface area contributed by atoms with Crippen LogP contribution in [0, 0.1) is 0 Å². The van der Waals surface area contributed by atoms with E-state index in [0.717, 1.165) is 18.0 Å². The molecular formula is C15H22ClN3O3S2. The molecule has 0 bridgehead atoms. The number of benzene rings is 1. The smallest absolute Gasteiger partial charge is 0.239 e. The zero-order chi connectivity index (χ0) is 18.0. The van der Waals surface area contributed by atoms with Crippen molar-refractivity contribution >= 4 is 38.6 Å². The highest BCUT2D eigenvalue weighted by molar-refractivity contribution is 8.14. The summed E-state index contributed by atoms with van der Waals surface area (Å²) in [6.45, 7) is 5.34. The van der Waals surface area contributed by atoms with E-state index in [1.54, 1.807) is 6.07 Å². The third kappa shape index (κ3) is 3.88. The van der Waals surface area contributed by atoms with Crippen LogP contribution in [0.3, 0.4) is 0 Å². The van der Waals surface area contributed by atoms with Crippen LogP contribution in [0.2, 0.25) is 5.02 Å². The Labute approximate surface area is 152 Å². The van der Waals surface area contributed by atoms with Crippen LogP contribution in [0.5, 0.6) is 0 Å². The predicted molar refractivity (Wildman–Crippen MR) is 98.8 cm³/mol. The van der Waals surface area contributed by atoms with Crippen molar-refractivity contribution in [3.63, 3.8) is 0 Å². The van der Waals surface area contributed by atoms with Gasteiger partial charge in [0.2, 0.25) is 10.0 Å². The average molecular weight is 392 g/mol. The molecule has 1 aromatic rings. The Morgan fingerprint density at radius 1 is 1.42 bits per heavy atom. The van der Waals surface area contributed by atoms with Gasteiger partial charge in [-0.3, -0.25) is 4.99 Å². The molecule has 0 aromatic heterocycles. The molecule has 1 saturated heterocycles. The van der Waals surface area contributed by atoms with Crippen LogP contribution in [0.1, 0.15) is 32.3 Å². The minimum absolute atomic E-state index is 0.0393. The summed E-state index contributed by atoms with van der Waals surface area (Å²) in [7, 11) is -3.97. The first-order valence-corrected chi connectivity index (χ1v) is 10.6. The third-order valence-corrected chi connectivity index (χ3v) is 6.24. The van der Waals surface area contributed by atoms with Gasteiger partial charge >= 0.3 is 0 Å². The second-order valence-electron chi connectivity index (χ2n) is 5.61. The lowest BCUT2D eigenvalue weighted by Crippen LogP contribution is -2.45. The first kappa shape index (κ1) is 19.5. The Balaban J connectivity index is 2.49. The normalized spacial score (nSPS) is 23.2. The van der Waals surface area contributed by atoms with Gasteiger partial charge in [0.25, 0.3) is 0 Å². The van der Waals surface area contributed by atoms with Crippen molar-refractivity contribution in [3.8, 4) is 0 Å². The van der Waals surface area contributed by atoms with Gasteiger partial charge in [-0.25, -0.2) is 13.6 Å². The quantitative estimate of drug-likeness (QED) is 0.775. The number of sulfonamides is 1. The minimum Gasteiger partial charge on any atom is -0.366 e. The fraction of sp³-hybridized carbons (Fsp3) is 0.533. The number of nitrogens with zero attached hydrogens (tertiary/aromatic N) is 2. The Kier molecular flexibility index (Phi) is 6.19. The number of rotatable bonds is 6. The van der Waals surface area contributed by atoms with Crippen molar-refractivity contribution in [3.05, 3.63) is 28.8 Å². The largest absolute Gasteiger partial charge is 0.366 e. The number of primary sulfonamides is 1. The molecule has 0 amide bonds. The van der Waals surface area contributed by atoms with Gasteiger partial charge in [-0.05, 0) is 25.0 Å². The van der Waals surface area contributed by atoms with E-state index in [-0.39, 0.29) is 9.92 Å². The van der Waals surface area contributed by atoms with Crippen molar-refractivity contribution in [2.45, 2.75) is 37.3 Å². The molecule has 1 aromatic carbocycles. The van der Waals surface area contributed by atoms with Gasteiger partial charge in [-0.1, -0.05) is 43.3 Å². The average Bonchev–Trinajstić information content (AvgIpc) is 2.83. The molecule has 0 aliphatic carbocycles. The summed E-state index contributed by atoms with van der Waals surface area (Å²) >= 11 is 7.41. The van der Waals surface area contributed by atoms with Crippen LogP contribution < -0.4 is 5.14 Å². The Morgan fingerprint density at radius 2 is 2.12 bits per heavy atom. The highest BCUT2D eigenvalue weighted by Crippen LogP contribution is 2.40. The Hall–Kier alpha value is -0.800. The SMILES string of the molecule is CCCN=C1SCC(O)(c2ccc(Cl)c(S(N)(=O)=O)c2)N1CCC. The summed E-state index contributed by atoms with van der Waals surface area (Å²) in [5, 5.41) is 17.3. The molecule has 9 heteroatoms. The lowest BCUT2D eigenvalue weighted by Gasteiger charge is -2.34. The lowest BCUT2D eigenvalue weighted by molar-refractivity contribution is -0.0479. The molecule has 134 valence electrons. The summed E-state index contributed by atoms with van der Waals surface area (Å²) in [5.74, 6) is 0.362. The molecule has 2 rings (SSSR count). The first-order chi connectivity index (χ1) is 11.2. The molecule has 1 unspecified atom stereocenters. The van der Waals surface area contributed by atoms with Crippen molar-refractivity contribution in [2.75, 3.05) is 18.8 Å². The highest BCUT2D eigenvalue weighted by Gasteiger charge is 2.44. The first-order valence-electron chi connectivity index (χ1n) is 7.74. The van der Waals surface area contributed by atoms with Gasteiger partial charge in [0.1, 0.15) is 4.90 Å². The summed E-state index contributed by atoms with van der Waals surface area (Å²) < 4.78 is 23.4. The number of hydrogen-bond donors (Lipinski definition) is 2. The zero-order valence-corrected chi connectivity index (χ0v) is 16.1. The van der Waals surface area contributed by atoms with E-state index in [9.17, 15) is 13.5 Å². The van der Waals surface area contributed by atoms with Crippen molar-refractivity contribution in [2.24, 2.45) is 10.1 Å². The van der Waals surface area contributed by atoms with Crippen molar-refractivity contribution in [1.82, 2.24) is 4.90 Å². The number of nitrogens with two attached hydrogens (primary N) is 1. The molecule has 0 spiro atoms. The molecule has 0 radical (unpaired) electrons. The van der Waals surface area contributed by atoms with Crippen LogP contribution >= 0.6 is 23.4 Å². The van der Waals surface area contributed by atoms with Gasteiger partial charge in [-0.2, -0.15) is 0 Å². The second kappa shape index (κ2) is 7.61. The maximum Gasteiger partial charge on any atom is 0.239 e. The molecule has 1 atom stereocenters. The molecule has 0 saturated carbocycles. The Morgan fingerprint density at radius 3 is 2.71 bits per heavy atom. The van der Waals surface area contributed by atoms with Crippen LogP contribution in [0.4, 0.5) is 0 Å². The zero-order valence-electron chi connectivity index (χ0n) is 13.7. The molecule has 24 heavy (non-hydrogen) atoms. The molecule has 1 heterocycles. The van der Waals surface area contributed by atoms with Gasteiger partial charge < -0.3 is 10.0 Å². The van der Waals surface area contributed by atoms with Crippen LogP contribution in [-0.4, -0.2) is 42.4 Å². The summed E-state index contributed by atoms with van der Waals surface area (Å²) in [6.07, 6.45) is 1.74. The Bertz CT molecular complexity index is 739. The number of aliphatic imine (C=N–C) groups is 1. The van der Waals surface area contributed by atoms with Gasteiger partial charge in [0.05, 0.1) is 10.8 Å². The topological polar surface area (TPSA) is 96.0 Å². The summed E-state index contributed by atoms with van der Waals surface area (Å²) in [6, 6.07) is 4.43. The summed E-state index contributed by atoms with van der Waals surface area (Å²) in [5.41, 5.74) is -0.893. The van der Waals surface area contributed by atoms with Crippen LogP contribution in [0.25, 0.3) is 0 Å². The maximum atomic E-state index is 11.7. The molecule has 1 fully saturated rings. The summed E-state index contributed by atoms with van der Waals surface area (Å²) in [4.78, 5) is 6.17. The highest BCUT2D eigenvalue weighted by atomic mass is 35.5. The number of aliphatic hydroxyl groups is 1. The molecule has 3 N–H and O–H groups in total.